The number of nitrogens with one attached hydrogen (secondary N) is 1. The van der Waals surface area contributed by atoms with Crippen LogP contribution in [-0.2, 0) is 22.6 Å². The Morgan fingerprint density at radius 3 is 2.33 bits per heavy atom. The monoisotopic (exact) mass is 529 g/mol. The molecular weight excluding hydrogens is 494 g/mol. The maximum Gasteiger partial charge on any atom is 0.249 e. The molecule has 39 heavy (non-hydrogen) atoms. The van der Waals surface area contributed by atoms with Crippen molar-refractivity contribution in [1.82, 2.24) is 20.3 Å². The van der Waals surface area contributed by atoms with Crippen molar-refractivity contribution in [2.45, 2.75) is 52.2 Å². The van der Waals surface area contributed by atoms with Crippen LogP contribution in [0.25, 0.3) is 11.0 Å². The molecule has 4 aromatic rings. The van der Waals surface area contributed by atoms with E-state index in [-0.39, 0.29) is 18.4 Å². The lowest BCUT2D eigenvalue weighted by Crippen LogP contribution is -2.50. The first kappa shape index (κ1) is 27.6. The molecule has 1 aromatic heterocycles. The molecule has 9 nitrogen and oxygen atoms in total. The van der Waals surface area contributed by atoms with Crippen molar-refractivity contribution < 1.29 is 19.1 Å². The zero-order valence-electron chi connectivity index (χ0n) is 23.3. The molecule has 2 amide bonds. The van der Waals surface area contributed by atoms with E-state index in [1.54, 1.807) is 22.9 Å². The van der Waals surface area contributed by atoms with E-state index in [0.717, 1.165) is 17.5 Å². The lowest BCUT2D eigenvalue weighted by molar-refractivity contribution is -0.128. The van der Waals surface area contributed by atoms with Crippen LogP contribution >= 0.6 is 0 Å². The highest BCUT2D eigenvalue weighted by Crippen LogP contribution is 2.39. The van der Waals surface area contributed by atoms with Crippen LogP contribution in [0.3, 0.4) is 0 Å². The average Bonchev–Trinajstić information content (AvgIpc) is 3.32. The van der Waals surface area contributed by atoms with Gasteiger partial charge in [0.05, 0.1) is 19.7 Å². The van der Waals surface area contributed by atoms with Gasteiger partial charge in [-0.15, -0.1) is 5.10 Å². The molecule has 0 bridgehead atoms. The van der Waals surface area contributed by atoms with Crippen LogP contribution in [0.15, 0.2) is 66.7 Å². The minimum Gasteiger partial charge on any atom is -0.493 e. The number of hydrogen-bond acceptors (Lipinski definition) is 6. The molecule has 1 atom stereocenters. The number of carbonyl (C=O) groups excluding carboxylic acids is 2. The maximum absolute atomic E-state index is 14.2. The van der Waals surface area contributed by atoms with Gasteiger partial charge in [-0.2, -0.15) is 0 Å². The Bertz CT molecular complexity index is 1460. The van der Waals surface area contributed by atoms with Crippen molar-refractivity contribution >= 4 is 28.5 Å². The maximum atomic E-state index is 14.2. The van der Waals surface area contributed by atoms with Crippen molar-refractivity contribution in [3.8, 4) is 11.5 Å². The average molecular weight is 530 g/mol. The van der Waals surface area contributed by atoms with Gasteiger partial charge in [0.25, 0.3) is 0 Å². The molecule has 1 unspecified atom stereocenters. The largest absolute Gasteiger partial charge is 0.493 e. The summed E-state index contributed by atoms with van der Waals surface area (Å²) in [5.74, 6) is 0.141. The Morgan fingerprint density at radius 1 is 0.974 bits per heavy atom. The lowest BCUT2D eigenvalue weighted by Gasteiger charge is -2.34. The molecule has 0 radical (unpaired) electrons. The molecule has 9 heteroatoms. The van der Waals surface area contributed by atoms with E-state index < -0.39 is 11.6 Å². The standard InChI is InChI=1S/C30H35N5O4/c1-7-20-15-17-21(18-16-20)35(26(36)19-34-24-13-9-8-12-23(24)32-33-34)27(29(37)31-30(2,3)4)22-11-10-14-25(38-5)28(22)39-6/h8-18,27H,7,19H2,1-6H3,(H,31,37). The molecule has 204 valence electrons. The highest BCUT2D eigenvalue weighted by Gasteiger charge is 2.37. The molecule has 1 N–H and O–H groups in total. The van der Waals surface area contributed by atoms with Gasteiger partial charge >= 0.3 is 0 Å². The summed E-state index contributed by atoms with van der Waals surface area (Å²) in [5.41, 5.74) is 3.03. The lowest BCUT2D eigenvalue weighted by atomic mass is 9.99. The van der Waals surface area contributed by atoms with Crippen LogP contribution in [-0.4, -0.2) is 46.6 Å². The van der Waals surface area contributed by atoms with Crippen LogP contribution in [0, 0.1) is 0 Å². The number of benzene rings is 3. The molecular formula is C30H35N5O4. The SMILES string of the molecule is CCc1ccc(N(C(=O)Cn2nnc3ccccc32)C(C(=O)NC(C)(C)C)c2cccc(OC)c2OC)cc1. The number of aryl methyl sites for hydroxylation is 1. The highest BCUT2D eigenvalue weighted by atomic mass is 16.5. The molecule has 0 fully saturated rings. The molecule has 0 aliphatic heterocycles. The van der Waals surface area contributed by atoms with Gasteiger partial charge in [0.15, 0.2) is 11.5 Å². The van der Waals surface area contributed by atoms with Gasteiger partial charge in [-0.05, 0) is 63.1 Å². The van der Waals surface area contributed by atoms with Crippen LogP contribution in [0.4, 0.5) is 5.69 Å². The third-order valence-corrected chi connectivity index (χ3v) is 6.33. The van der Waals surface area contributed by atoms with Crippen molar-refractivity contribution in [2.24, 2.45) is 0 Å². The summed E-state index contributed by atoms with van der Waals surface area (Å²) in [6.45, 7) is 7.63. The van der Waals surface area contributed by atoms with E-state index in [9.17, 15) is 9.59 Å². The number of carbonyl (C=O) groups is 2. The topological polar surface area (TPSA) is 98.6 Å². The van der Waals surface area contributed by atoms with Crippen molar-refractivity contribution in [3.05, 3.63) is 77.9 Å². The summed E-state index contributed by atoms with van der Waals surface area (Å²) in [4.78, 5) is 29.8. The molecule has 0 spiro atoms. The molecule has 0 saturated carbocycles. The predicted octanol–water partition coefficient (Wildman–Crippen LogP) is 4.70. The number of rotatable bonds is 9. The molecule has 0 aliphatic carbocycles. The fourth-order valence-electron chi connectivity index (χ4n) is 4.53. The van der Waals surface area contributed by atoms with E-state index >= 15 is 0 Å². The molecule has 1 heterocycles. The van der Waals surface area contributed by atoms with E-state index in [2.05, 4.69) is 22.6 Å². The summed E-state index contributed by atoms with van der Waals surface area (Å²) in [5, 5.41) is 11.5. The fourth-order valence-corrected chi connectivity index (χ4v) is 4.53. The van der Waals surface area contributed by atoms with Crippen LogP contribution in [0.2, 0.25) is 0 Å². The Kier molecular flexibility index (Phi) is 8.18. The van der Waals surface area contributed by atoms with Gasteiger partial charge in [0.2, 0.25) is 11.8 Å². The van der Waals surface area contributed by atoms with E-state index in [4.69, 9.17) is 9.47 Å². The summed E-state index contributed by atoms with van der Waals surface area (Å²) in [6.07, 6.45) is 0.844. The highest BCUT2D eigenvalue weighted by molar-refractivity contribution is 6.02. The van der Waals surface area contributed by atoms with Gasteiger partial charge in [-0.3, -0.25) is 14.5 Å². The van der Waals surface area contributed by atoms with Crippen molar-refractivity contribution in [1.29, 1.82) is 0 Å². The fraction of sp³-hybridized carbons (Fsp3) is 0.333. The third-order valence-electron chi connectivity index (χ3n) is 6.33. The summed E-state index contributed by atoms with van der Waals surface area (Å²) in [6, 6.07) is 19.3. The van der Waals surface area contributed by atoms with Gasteiger partial charge in [0, 0.05) is 16.8 Å². The molecule has 0 saturated heterocycles. The van der Waals surface area contributed by atoms with Crippen LogP contribution in [0.5, 0.6) is 11.5 Å². The minimum absolute atomic E-state index is 0.123. The van der Waals surface area contributed by atoms with Crippen molar-refractivity contribution in [3.63, 3.8) is 0 Å². The molecule has 0 aliphatic rings. The number of ether oxygens (including phenoxy) is 2. The second kappa shape index (κ2) is 11.6. The van der Waals surface area contributed by atoms with Crippen LogP contribution < -0.4 is 19.7 Å². The number of methoxy groups -OCH3 is 2. The number of anilines is 1. The summed E-state index contributed by atoms with van der Waals surface area (Å²) >= 11 is 0. The molecule has 4 rings (SSSR count). The normalized spacial score (nSPS) is 12.2. The van der Waals surface area contributed by atoms with Crippen molar-refractivity contribution in [2.75, 3.05) is 19.1 Å². The first-order chi connectivity index (χ1) is 18.7. The molecule has 3 aromatic carbocycles. The third kappa shape index (κ3) is 6.03. The van der Waals surface area contributed by atoms with Gasteiger partial charge in [-0.25, -0.2) is 4.68 Å². The second-order valence-corrected chi connectivity index (χ2v) is 10.2. The zero-order valence-corrected chi connectivity index (χ0v) is 23.3. The van der Waals surface area contributed by atoms with Gasteiger partial charge < -0.3 is 14.8 Å². The number of nitrogens with zero attached hydrogens (tertiary/aromatic N) is 4. The van der Waals surface area contributed by atoms with Gasteiger partial charge in [-0.1, -0.05) is 48.5 Å². The van der Waals surface area contributed by atoms with E-state index in [1.807, 2.05) is 69.3 Å². The summed E-state index contributed by atoms with van der Waals surface area (Å²) in [7, 11) is 3.05. The Balaban J connectivity index is 1.90. The van der Waals surface area contributed by atoms with Gasteiger partial charge in [0.1, 0.15) is 18.1 Å². The number of aromatic nitrogens is 3. The number of amides is 2. The zero-order chi connectivity index (χ0) is 28.2. The predicted molar refractivity (Wildman–Crippen MR) is 151 cm³/mol. The van der Waals surface area contributed by atoms with E-state index in [1.165, 1.54) is 19.1 Å². The summed E-state index contributed by atoms with van der Waals surface area (Å²) < 4.78 is 12.8. The number of para-hydroxylation sites is 2. The first-order valence-electron chi connectivity index (χ1n) is 12.9. The minimum atomic E-state index is -1.07. The number of fused-ring (bicyclic) bond motifs is 1. The second-order valence-electron chi connectivity index (χ2n) is 10.2. The smallest absolute Gasteiger partial charge is 0.249 e. The number of hydrogen-bond donors (Lipinski definition) is 1. The first-order valence-corrected chi connectivity index (χ1v) is 12.9. The quantitative estimate of drug-likeness (QED) is 0.338. The Morgan fingerprint density at radius 2 is 1.69 bits per heavy atom. The Labute approximate surface area is 228 Å². The van der Waals surface area contributed by atoms with Crippen LogP contribution in [0.1, 0.15) is 44.9 Å². The Hall–Kier alpha value is -4.40. The van der Waals surface area contributed by atoms with E-state index in [0.29, 0.717) is 28.3 Å².